The monoisotopic (exact) mass is 253 g/mol. The molecule has 0 spiro atoms. The highest BCUT2D eigenvalue weighted by molar-refractivity contribution is 6.30. The molecule has 0 saturated heterocycles. The van der Waals surface area contributed by atoms with Gasteiger partial charge in [-0.2, -0.15) is 8.78 Å². The molecule has 1 nitrogen and oxygen atoms in total. The molecule has 0 aromatic heterocycles. The molecule has 0 amide bonds. The van der Waals surface area contributed by atoms with Gasteiger partial charge in [0.05, 0.1) is 0 Å². The van der Waals surface area contributed by atoms with Gasteiger partial charge in [-0.05, 0) is 24.3 Å². The SMILES string of the molecule is Nc1cccc(C(F)(F)c2ccc(Cl)cc2)c1. The fourth-order valence-corrected chi connectivity index (χ4v) is 1.69. The van der Waals surface area contributed by atoms with Gasteiger partial charge in [0, 0.05) is 21.8 Å². The van der Waals surface area contributed by atoms with Crippen LogP contribution in [0.1, 0.15) is 11.1 Å². The smallest absolute Gasteiger partial charge is 0.298 e. The molecule has 0 bridgehead atoms. The topological polar surface area (TPSA) is 26.0 Å². The van der Waals surface area contributed by atoms with Gasteiger partial charge in [-0.1, -0.05) is 35.9 Å². The first-order valence-electron chi connectivity index (χ1n) is 5.00. The predicted octanol–water partition coefficient (Wildman–Crippen LogP) is 4.06. The minimum atomic E-state index is -3.07. The molecular formula is C13H10ClF2N. The van der Waals surface area contributed by atoms with Gasteiger partial charge >= 0.3 is 0 Å². The summed E-state index contributed by atoms with van der Waals surface area (Å²) in [5.74, 6) is -3.07. The molecule has 0 heterocycles. The van der Waals surface area contributed by atoms with Gasteiger partial charge in [-0.25, -0.2) is 0 Å². The van der Waals surface area contributed by atoms with Gasteiger partial charge in [0.1, 0.15) is 0 Å². The normalized spacial score (nSPS) is 11.5. The molecule has 0 radical (unpaired) electrons. The molecule has 0 atom stereocenters. The zero-order valence-electron chi connectivity index (χ0n) is 8.83. The average Bonchev–Trinajstić information content (AvgIpc) is 2.29. The molecule has 0 aliphatic rings. The molecule has 2 aromatic carbocycles. The highest BCUT2D eigenvalue weighted by atomic mass is 35.5. The van der Waals surface area contributed by atoms with E-state index in [-0.39, 0.29) is 11.1 Å². The lowest BCUT2D eigenvalue weighted by atomic mass is 10.00. The number of anilines is 1. The van der Waals surface area contributed by atoms with Crippen molar-refractivity contribution in [3.63, 3.8) is 0 Å². The number of rotatable bonds is 2. The van der Waals surface area contributed by atoms with Crippen LogP contribution in [0.4, 0.5) is 14.5 Å². The largest absolute Gasteiger partial charge is 0.399 e. The summed E-state index contributed by atoms with van der Waals surface area (Å²) in [5, 5.41) is 0.428. The first kappa shape index (κ1) is 11.9. The first-order chi connectivity index (χ1) is 8.00. The molecule has 0 unspecified atom stereocenters. The summed E-state index contributed by atoms with van der Waals surface area (Å²) in [7, 11) is 0. The summed E-state index contributed by atoms with van der Waals surface area (Å²) >= 11 is 5.67. The molecule has 2 aromatic rings. The molecule has 2 N–H and O–H groups in total. The summed E-state index contributed by atoms with van der Waals surface area (Å²) in [6, 6.07) is 11.2. The lowest BCUT2D eigenvalue weighted by Gasteiger charge is -2.17. The summed E-state index contributed by atoms with van der Waals surface area (Å²) < 4.78 is 28.2. The Balaban J connectivity index is 2.45. The zero-order valence-corrected chi connectivity index (χ0v) is 9.59. The summed E-state index contributed by atoms with van der Waals surface area (Å²) in [4.78, 5) is 0. The van der Waals surface area contributed by atoms with E-state index >= 15 is 0 Å². The lowest BCUT2D eigenvalue weighted by Crippen LogP contribution is -2.15. The van der Waals surface area contributed by atoms with Crippen LogP contribution in [-0.4, -0.2) is 0 Å². The number of alkyl halides is 2. The van der Waals surface area contributed by atoms with Crippen LogP contribution in [0.5, 0.6) is 0 Å². The fourth-order valence-electron chi connectivity index (χ4n) is 1.56. The second kappa shape index (κ2) is 4.34. The van der Waals surface area contributed by atoms with E-state index in [1.807, 2.05) is 0 Å². The highest BCUT2D eigenvalue weighted by Gasteiger charge is 2.33. The van der Waals surface area contributed by atoms with Crippen molar-refractivity contribution in [3.8, 4) is 0 Å². The van der Waals surface area contributed by atoms with E-state index in [1.165, 1.54) is 42.5 Å². The minimum Gasteiger partial charge on any atom is -0.399 e. The van der Waals surface area contributed by atoms with Crippen LogP contribution in [0.2, 0.25) is 5.02 Å². The zero-order chi connectivity index (χ0) is 12.5. The van der Waals surface area contributed by atoms with Crippen LogP contribution < -0.4 is 5.73 Å². The second-order valence-electron chi connectivity index (χ2n) is 3.71. The van der Waals surface area contributed by atoms with Gasteiger partial charge in [-0.3, -0.25) is 0 Å². The fraction of sp³-hybridized carbons (Fsp3) is 0.0769. The third kappa shape index (κ3) is 2.39. The van der Waals surface area contributed by atoms with Crippen molar-refractivity contribution in [2.45, 2.75) is 5.92 Å². The van der Waals surface area contributed by atoms with E-state index < -0.39 is 5.92 Å². The number of hydrogen-bond donors (Lipinski definition) is 1. The number of hydrogen-bond acceptors (Lipinski definition) is 1. The molecule has 0 fully saturated rings. The highest BCUT2D eigenvalue weighted by Crippen LogP contribution is 2.36. The molecule has 0 aliphatic carbocycles. The van der Waals surface area contributed by atoms with Crippen molar-refractivity contribution in [1.82, 2.24) is 0 Å². The summed E-state index contributed by atoms with van der Waals surface area (Å²) in [6.07, 6.45) is 0. The molecular weight excluding hydrogens is 244 g/mol. The maximum atomic E-state index is 14.1. The molecule has 2 rings (SSSR count). The van der Waals surface area contributed by atoms with Crippen LogP contribution >= 0.6 is 11.6 Å². The Hall–Kier alpha value is -1.61. The molecule has 0 saturated carbocycles. The van der Waals surface area contributed by atoms with Crippen molar-refractivity contribution >= 4 is 17.3 Å². The first-order valence-corrected chi connectivity index (χ1v) is 5.38. The molecule has 17 heavy (non-hydrogen) atoms. The van der Waals surface area contributed by atoms with Gasteiger partial charge in [0.15, 0.2) is 0 Å². The Bertz CT molecular complexity index is 523. The van der Waals surface area contributed by atoms with E-state index in [0.29, 0.717) is 10.7 Å². The summed E-state index contributed by atoms with van der Waals surface area (Å²) in [6.45, 7) is 0. The number of benzene rings is 2. The summed E-state index contributed by atoms with van der Waals surface area (Å²) in [5.41, 5.74) is 5.59. The Morgan fingerprint density at radius 3 is 2.18 bits per heavy atom. The Morgan fingerprint density at radius 2 is 1.59 bits per heavy atom. The number of nitrogens with two attached hydrogens (primary N) is 1. The molecule has 88 valence electrons. The van der Waals surface area contributed by atoms with E-state index in [9.17, 15) is 8.78 Å². The van der Waals surface area contributed by atoms with Crippen molar-refractivity contribution in [3.05, 3.63) is 64.7 Å². The Kier molecular flexibility index (Phi) is 3.03. The maximum Gasteiger partial charge on any atom is 0.298 e. The molecule has 4 heteroatoms. The van der Waals surface area contributed by atoms with Gasteiger partial charge in [0.2, 0.25) is 0 Å². The third-order valence-corrected chi connectivity index (χ3v) is 2.71. The van der Waals surface area contributed by atoms with Gasteiger partial charge in [-0.15, -0.1) is 0 Å². The van der Waals surface area contributed by atoms with E-state index in [1.54, 1.807) is 6.07 Å². The standard InChI is InChI=1S/C13H10ClF2N/c14-11-6-4-9(5-7-11)13(15,16)10-2-1-3-12(17)8-10/h1-8H,17H2. The van der Waals surface area contributed by atoms with E-state index in [0.717, 1.165) is 0 Å². The average molecular weight is 254 g/mol. The van der Waals surface area contributed by atoms with Crippen molar-refractivity contribution < 1.29 is 8.78 Å². The van der Waals surface area contributed by atoms with Crippen LogP contribution in [0.25, 0.3) is 0 Å². The van der Waals surface area contributed by atoms with Crippen molar-refractivity contribution in [1.29, 1.82) is 0 Å². The van der Waals surface area contributed by atoms with Crippen molar-refractivity contribution in [2.75, 3.05) is 5.73 Å². The quantitative estimate of drug-likeness (QED) is 0.803. The molecule has 0 aliphatic heterocycles. The van der Waals surface area contributed by atoms with Gasteiger partial charge in [0.25, 0.3) is 5.92 Å². The van der Waals surface area contributed by atoms with Crippen LogP contribution in [0.3, 0.4) is 0 Å². The lowest BCUT2D eigenvalue weighted by molar-refractivity contribution is 0.0429. The third-order valence-electron chi connectivity index (χ3n) is 2.46. The Morgan fingerprint density at radius 1 is 0.941 bits per heavy atom. The van der Waals surface area contributed by atoms with Crippen molar-refractivity contribution in [2.24, 2.45) is 0 Å². The minimum absolute atomic E-state index is 0.104. The van der Waals surface area contributed by atoms with E-state index in [2.05, 4.69) is 0 Å². The predicted molar refractivity (Wildman–Crippen MR) is 65.3 cm³/mol. The van der Waals surface area contributed by atoms with Gasteiger partial charge < -0.3 is 5.73 Å². The Labute approximate surface area is 103 Å². The van der Waals surface area contributed by atoms with E-state index in [4.69, 9.17) is 17.3 Å². The number of halogens is 3. The van der Waals surface area contributed by atoms with Crippen LogP contribution in [0, 0.1) is 0 Å². The maximum absolute atomic E-state index is 14.1. The second-order valence-corrected chi connectivity index (χ2v) is 4.14. The number of nitrogen functional groups attached to an aromatic ring is 1. The van der Waals surface area contributed by atoms with Crippen LogP contribution in [-0.2, 0) is 5.92 Å². The van der Waals surface area contributed by atoms with Crippen LogP contribution in [0.15, 0.2) is 48.5 Å².